The van der Waals surface area contributed by atoms with Crippen molar-refractivity contribution in [1.29, 1.82) is 0 Å². The van der Waals surface area contributed by atoms with E-state index in [1.54, 1.807) is 10.3 Å². The van der Waals surface area contributed by atoms with Crippen LogP contribution in [0.15, 0.2) is 60.0 Å². The van der Waals surface area contributed by atoms with Gasteiger partial charge in [-0.05, 0) is 37.0 Å². The largest absolute Gasteiger partial charge is 0.304 e. The minimum atomic E-state index is -0.126. The van der Waals surface area contributed by atoms with Crippen LogP contribution in [0.2, 0.25) is 0 Å². The SMILES string of the molecule is CC1Cc2ccccc2N1C(=O)c1csc(NC(=O)CCc2ccccc2)n1. The Morgan fingerprint density at radius 1 is 1.14 bits per heavy atom. The van der Waals surface area contributed by atoms with Crippen molar-refractivity contribution in [3.8, 4) is 0 Å². The third-order valence-electron chi connectivity index (χ3n) is 4.88. The number of nitrogens with zero attached hydrogens (tertiary/aromatic N) is 2. The third kappa shape index (κ3) is 3.82. The molecule has 4 rings (SSSR count). The number of hydrogen-bond acceptors (Lipinski definition) is 4. The molecule has 2 heterocycles. The number of benzene rings is 2. The average molecular weight is 391 g/mol. The number of amides is 2. The smallest absolute Gasteiger partial charge is 0.278 e. The number of nitrogens with one attached hydrogen (secondary N) is 1. The first-order valence-electron chi connectivity index (χ1n) is 9.32. The van der Waals surface area contributed by atoms with Gasteiger partial charge in [0.2, 0.25) is 5.91 Å². The lowest BCUT2D eigenvalue weighted by Crippen LogP contribution is -2.35. The molecule has 1 unspecified atom stereocenters. The molecule has 2 aromatic carbocycles. The van der Waals surface area contributed by atoms with Gasteiger partial charge in [-0.2, -0.15) is 0 Å². The molecule has 28 heavy (non-hydrogen) atoms. The Kier molecular flexibility index (Phi) is 5.21. The van der Waals surface area contributed by atoms with Crippen LogP contribution in [0, 0.1) is 0 Å². The molecule has 1 aromatic heterocycles. The second kappa shape index (κ2) is 7.94. The Morgan fingerprint density at radius 3 is 2.71 bits per heavy atom. The Labute approximate surface area is 168 Å². The van der Waals surface area contributed by atoms with Crippen LogP contribution in [-0.2, 0) is 17.6 Å². The molecule has 0 saturated carbocycles. The molecule has 0 fully saturated rings. The maximum absolute atomic E-state index is 13.0. The highest BCUT2D eigenvalue weighted by Gasteiger charge is 2.32. The first-order valence-corrected chi connectivity index (χ1v) is 10.2. The van der Waals surface area contributed by atoms with Crippen molar-refractivity contribution < 1.29 is 9.59 Å². The number of hydrogen-bond donors (Lipinski definition) is 1. The molecular weight excluding hydrogens is 370 g/mol. The summed E-state index contributed by atoms with van der Waals surface area (Å²) in [6.45, 7) is 2.04. The lowest BCUT2D eigenvalue weighted by atomic mass is 10.1. The van der Waals surface area contributed by atoms with E-state index in [0.717, 1.165) is 17.7 Å². The molecule has 0 radical (unpaired) electrons. The van der Waals surface area contributed by atoms with Gasteiger partial charge in [0.05, 0.1) is 0 Å². The molecule has 0 saturated heterocycles. The van der Waals surface area contributed by atoms with Crippen molar-refractivity contribution >= 4 is 34.0 Å². The molecular formula is C22H21N3O2S. The summed E-state index contributed by atoms with van der Waals surface area (Å²) < 4.78 is 0. The fourth-order valence-corrected chi connectivity index (χ4v) is 4.21. The van der Waals surface area contributed by atoms with Gasteiger partial charge in [-0.15, -0.1) is 11.3 Å². The number of rotatable bonds is 5. The van der Waals surface area contributed by atoms with E-state index in [9.17, 15) is 9.59 Å². The maximum atomic E-state index is 13.0. The lowest BCUT2D eigenvalue weighted by molar-refractivity contribution is -0.116. The number of fused-ring (bicyclic) bond motifs is 1. The fourth-order valence-electron chi connectivity index (χ4n) is 3.51. The van der Waals surface area contributed by atoms with Crippen LogP contribution in [0.4, 0.5) is 10.8 Å². The molecule has 1 aliphatic heterocycles. The number of aromatic nitrogens is 1. The van der Waals surface area contributed by atoms with Gasteiger partial charge in [-0.3, -0.25) is 9.59 Å². The van der Waals surface area contributed by atoms with Crippen LogP contribution in [0.1, 0.15) is 35.0 Å². The van der Waals surface area contributed by atoms with Gasteiger partial charge in [0.1, 0.15) is 5.69 Å². The number of aryl methyl sites for hydroxylation is 1. The summed E-state index contributed by atoms with van der Waals surface area (Å²) in [5.74, 6) is -0.226. The number of carbonyl (C=O) groups excluding carboxylic acids is 2. The van der Waals surface area contributed by atoms with Crippen molar-refractivity contribution in [3.05, 3.63) is 76.8 Å². The second-order valence-electron chi connectivity index (χ2n) is 6.93. The normalized spacial score (nSPS) is 15.3. The van der Waals surface area contributed by atoms with Gasteiger partial charge < -0.3 is 10.2 Å². The number of anilines is 2. The van der Waals surface area contributed by atoms with E-state index in [1.165, 1.54) is 16.9 Å². The topological polar surface area (TPSA) is 62.3 Å². The average Bonchev–Trinajstić information content (AvgIpc) is 3.30. The quantitative estimate of drug-likeness (QED) is 0.705. The first-order chi connectivity index (χ1) is 13.6. The highest BCUT2D eigenvalue weighted by molar-refractivity contribution is 7.14. The van der Waals surface area contributed by atoms with E-state index >= 15 is 0 Å². The van der Waals surface area contributed by atoms with Crippen LogP contribution >= 0.6 is 11.3 Å². The molecule has 1 aliphatic rings. The number of carbonyl (C=O) groups is 2. The second-order valence-corrected chi connectivity index (χ2v) is 7.79. The first kappa shape index (κ1) is 18.4. The highest BCUT2D eigenvalue weighted by atomic mass is 32.1. The minimum Gasteiger partial charge on any atom is -0.304 e. The standard InChI is InChI=1S/C22H21N3O2S/c1-15-13-17-9-5-6-10-19(17)25(15)21(27)18-14-28-22(23-18)24-20(26)12-11-16-7-3-2-4-8-16/h2-10,14-15H,11-13H2,1H3,(H,23,24,26). The van der Waals surface area contributed by atoms with Crippen LogP contribution in [-0.4, -0.2) is 22.8 Å². The summed E-state index contributed by atoms with van der Waals surface area (Å²) in [4.78, 5) is 31.3. The zero-order valence-corrected chi connectivity index (χ0v) is 16.4. The van der Waals surface area contributed by atoms with Gasteiger partial charge in [0.25, 0.3) is 5.91 Å². The summed E-state index contributed by atoms with van der Waals surface area (Å²) in [7, 11) is 0. The molecule has 2 amide bonds. The Bertz CT molecular complexity index is 1000. The van der Waals surface area contributed by atoms with E-state index in [1.807, 2.05) is 55.5 Å². The fraction of sp³-hybridized carbons (Fsp3) is 0.227. The molecule has 0 spiro atoms. The molecule has 5 nitrogen and oxygen atoms in total. The van der Waals surface area contributed by atoms with E-state index in [0.29, 0.717) is 23.7 Å². The van der Waals surface area contributed by atoms with Crippen molar-refractivity contribution in [2.45, 2.75) is 32.2 Å². The van der Waals surface area contributed by atoms with Gasteiger partial charge in [0.15, 0.2) is 5.13 Å². The Morgan fingerprint density at radius 2 is 1.89 bits per heavy atom. The molecule has 142 valence electrons. The number of thiazole rings is 1. The lowest BCUT2D eigenvalue weighted by Gasteiger charge is -2.21. The maximum Gasteiger partial charge on any atom is 0.278 e. The van der Waals surface area contributed by atoms with E-state index < -0.39 is 0 Å². The number of para-hydroxylation sites is 1. The van der Waals surface area contributed by atoms with E-state index in [2.05, 4.69) is 16.4 Å². The van der Waals surface area contributed by atoms with Crippen molar-refractivity contribution in [2.75, 3.05) is 10.2 Å². The Balaban J connectivity index is 1.40. The molecule has 0 bridgehead atoms. The minimum absolute atomic E-state index is 0.0931. The summed E-state index contributed by atoms with van der Waals surface area (Å²) in [6.07, 6.45) is 1.89. The van der Waals surface area contributed by atoms with Crippen LogP contribution in [0.3, 0.4) is 0 Å². The van der Waals surface area contributed by atoms with Gasteiger partial charge in [-0.1, -0.05) is 48.5 Å². The van der Waals surface area contributed by atoms with Crippen LogP contribution in [0.25, 0.3) is 0 Å². The molecule has 3 aromatic rings. The highest BCUT2D eigenvalue weighted by Crippen LogP contribution is 2.33. The van der Waals surface area contributed by atoms with Crippen molar-refractivity contribution in [3.63, 3.8) is 0 Å². The monoisotopic (exact) mass is 391 g/mol. The summed E-state index contributed by atoms with van der Waals surface area (Å²) in [5.41, 5.74) is 3.61. The third-order valence-corrected chi connectivity index (χ3v) is 5.64. The predicted octanol–water partition coefficient (Wildman–Crippen LogP) is 4.31. The van der Waals surface area contributed by atoms with Gasteiger partial charge in [-0.25, -0.2) is 4.98 Å². The van der Waals surface area contributed by atoms with Crippen LogP contribution < -0.4 is 10.2 Å². The molecule has 1 N–H and O–H groups in total. The zero-order valence-electron chi connectivity index (χ0n) is 15.6. The van der Waals surface area contributed by atoms with Crippen molar-refractivity contribution in [2.24, 2.45) is 0 Å². The molecule has 6 heteroatoms. The summed E-state index contributed by atoms with van der Waals surface area (Å²) in [5, 5.41) is 4.98. The molecule has 0 aliphatic carbocycles. The van der Waals surface area contributed by atoms with Crippen molar-refractivity contribution in [1.82, 2.24) is 4.98 Å². The van der Waals surface area contributed by atoms with E-state index in [-0.39, 0.29) is 17.9 Å². The zero-order chi connectivity index (χ0) is 19.5. The van der Waals surface area contributed by atoms with Gasteiger partial charge >= 0.3 is 0 Å². The summed E-state index contributed by atoms with van der Waals surface area (Å²) >= 11 is 1.28. The van der Waals surface area contributed by atoms with Crippen LogP contribution in [0.5, 0.6) is 0 Å². The molecule has 1 atom stereocenters. The Hall–Kier alpha value is -2.99. The van der Waals surface area contributed by atoms with E-state index in [4.69, 9.17) is 0 Å². The summed E-state index contributed by atoms with van der Waals surface area (Å²) in [6, 6.07) is 17.9. The predicted molar refractivity (Wildman–Crippen MR) is 112 cm³/mol. The van der Waals surface area contributed by atoms with Gasteiger partial charge in [0, 0.05) is 23.5 Å².